The predicted octanol–water partition coefficient (Wildman–Crippen LogP) is 2.93. The van der Waals surface area contributed by atoms with Gasteiger partial charge in [0.2, 0.25) is 5.91 Å². The van der Waals surface area contributed by atoms with Gasteiger partial charge in [-0.3, -0.25) is 4.79 Å². The molecule has 1 amide bonds. The van der Waals surface area contributed by atoms with Gasteiger partial charge in [-0.15, -0.1) is 0 Å². The van der Waals surface area contributed by atoms with Gasteiger partial charge in [-0.25, -0.2) is 0 Å². The van der Waals surface area contributed by atoms with Crippen molar-refractivity contribution in [3.05, 3.63) is 0 Å². The van der Waals surface area contributed by atoms with E-state index >= 15 is 0 Å². The number of nitrogens with zero attached hydrogens (tertiary/aromatic N) is 1. The number of likely N-dealkylation sites (tertiary alicyclic amines) is 1. The van der Waals surface area contributed by atoms with E-state index in [4.69, 9.17) is 5.73 Å². The maximum absolute atomic E-state index is 12.3. The molecule has 0 bridgehead atoms. The highest BCUT2D eigenvalue weighted by Gasteiger charge is 2.36. The largest absolute Gasteiger partial charge is 0.343 e. The first-order valence-electron chi connectivity index (χ1n) is 8.17. The molecule has 2 fully saturated rings. The highest BCUT2D eigenvalue weighted by atomic mass is 16.2. The molecule has 1 aliphatic carbocycles. The Labute approximate surface area is 117 Å². The molecule has 2 rings (SSSR count). The molecule has 1 atom stereocenters. The fraction of sp³-hybridized carbons (Fsp3) is 0.938. The Morgan fingerprint density at radius 3 is 2.32 bits per heavy atom. The Balaban J connectivity index is 1.80. The van der Waals surface area contributed by atoms with Crippen molar-refractivity contribution in [2.75, 3.05) is 19.6 Å². The van der Waals surface area contributed by atoms with E-state index in [1.54, 1.807) is 0 Å². The first-order chi connectivity index (χ1) is 9.19. The van der Waals surface area contributed by atoms with Crippen molar-refractivity contribution in [2.24, 2.45) is 17.1 Å². The SMILES string of the molecule is CCC(CN)CC(=O)N1CCC2(CCCCC2)CC1. The third kappa shape index (κ3) is 3.71. The van der Waals surface area contributed by atoms with Crippen LogP contribution in [0.3, 0.4) is 0 Å². The fourth-order valence-electron chi connectivity index (χ4n) is 3.80. The van der Waals surface area contributed by atoms with Crippen LogP contribution < -0.4 is 5.73 Å². The highest BCUT2D eigenvalue weighted by Crippen LogP contribution is 2.44. The van der Waals surface area contributed by atoms with Crippen LogP contribution in [0, 0.1) is 11.3 Å². The second kappa shape index (κ2) is 6.74. The number of rotatable bonds is 4. The minimum absolute atomic E-state index is 0.336. The van der Waals surface area contributed by atoms with Crippen LogP contribution in [0.5, 0.6) is 0 Å². The van der Waals surface area contributed by atoms with Crippen molar-refractivity contribution in [2.45, 2.75) is 64.7 Å². The van der Waals surface area contributed by atoms with Crippen LogP contribution in [0.1, 0.15) is 64.7 Å². The lowest BCUT2D eigenvalue weighted by Crippen LogP contribution is -2.44. The molecule has 0 radical (unpaired) electrons. The van der Waals surface area contributed by atoms with Crippen molar-refractivity contribution >= 4 is 5.91 Å². The van der Waals surface area contributed by atoms with Crippen molar-refractivity contribution in [1.29, 1.82) is 0 Å². The van der Waals surface area contributed by atoms with Gasteiger partial charge in [0, 0.05) is 19.5 Å². The van der Waals surface area contributed by atoms with Crippen LogP contribution >= 0.6 is 0 Å². The van der Waals surface area contributed by atoms with E-state index in [-0.39, 0.29) is 0 Å². The van der Waals surface area contributed by atoms with E-state index in [9.17, 15) is 4.79 Å². The monoisotopic (exact) mass is 266 g/mol. The molecule has 0 aromatic heterocycles. The number of carbonyl (C=O) groups is 1. The number of amides is 1. The fourth-order valence-corrected chi connectivity index (χ4v) is 3.80. The van der Waals surface area contributed by atoms with Gasteiger partial charge in [0.15, 0.2) is 0 Å². The average molecular weight is 266 g/mol. The third-order valence-corrected chi connectivity index (χ3v) is 5.47. The molecule has 2 N–H and O–H groups in total. The van der Waals surface area contributed by atoms with Gasteiger partial charge < -0.3 is 10.6 Å². The summed E-state index contributed by atoms with van der Waals surface area (Å²) < 4.78 is 0. The zero-order valence-corrected chi connectivity index (χ0v) is 12.5. The minimum Gasteiger partial charge on any atom is -0.343 e. The van der Waals surface area contributed by atoms with Gasteiger partial charge in [0.05, 0.1) is 0 Å². The van der Waals surface area contributed by atoms with Crippen LogP contribution in [-0.4, -0.2) is 30.4 Å². The van der Waals surface area contributed by atoms with Crippen LogP contribution in [0.15, 0.2) is 0 Å². The number of piperidine rings is 1. The second-order valence-electron chi connectivity index (χ2n) is 6.66. The third-order valence-electron chi connectivity index (χ3n) is 5.47. The van der Waals surface area contributed by atoms with Crippen LogP contribution in [-0.2, 0) is 4.79 Å². The summed E-state index contributed by atoms with van der Waals surface area (Å²) in [5.41, 5.74) is 6.29. The summed E-state index contributed by atoms with van der Waals surface area (Å²) in [5, 5.41) is 0. The molecule has 1 saturated heterocycles. The molecular weight excluding hydrogens is 236 g/mol. The number of hydrogen-bond acceptors (Lipinski definition) is 2. The summed E-state index contributed by atoms with van der Waals surface area (Å²) >= 11 is 0. The quantitative estimate of drug-likeness (QED) is 0.850. The van der Waals surface area contributed by atoms with E-state index in [0.29, 0.717) is 30.2 Å². The van der Waals surface area contributed by atoms with E-state index in [2.05, 4.69) is 11.8 Å². The summed E-state index contributed by atoms with van der Waals surface area (Å²) in [6, 6.07) is 0. The lowest BCUT2D eigenvalue weighted by atomic mass is 9.68. The molecule has 1 spiro atoms. The van der Waals surface area contributed by atoms with Gasteiger partial charge in [0.1, 0.15) is 0 Å². The number of nitrogens with two attached hydrogens (primary N) is 1. The first kappa shape index (κ1) is 14.8. The molecule has 1 heterocycles. The van der Waals surface area contributed by atoms with Crippen molar-refractivity contribution in [3.63, 3.8) is 0 Å². The van der Waals surface area contributed by atoms with Crippen LogP contribution in [0.25, 0.3) is 0 Å². The van der Waals surface area contributed by atoms with Crippen molar-refractivity contribution in [1.82, 2.24) is 4.90 Å². The van der Waals surface area contributed by atoms with E-state index in [1.807, 2.05) is 0 Å². The average Bonchev–Trinajstić information content (AvgIpc) is 2.46. The first-order valence-corrected chi connectivity index (χ1v) is 8.17. The molecule has 0 aromatic rings. The van der Waals surface area contributed by atoms with Gasteiger partial charge in [0.25, 0.3) is 0 Å². The van der Waals surface area contributed by atoms with Crippen molar-refractivity contribution in [3.8, 4) is 0 Å². The molecule has 3 nitrogen and oxygen atoms in total. The summed E-state index contributed by atoms with van der Waals surface area (Å²) in [4.78, 5) is 14.4. The lowest BCUT2D eigenvalue weighted by Gasteiger charge is -2.44. The number of hydrogen-bond donors (Lipinski definition) is 1. The predicted molar refractivity (Wildman–Crippen MR) is 78.8 cm³/mol. The van der Waals surface area contributed by atoms with E-state index in [0.717, 1.165) is 19.5 Å². The van der Waals surface area contributed by atoms with Gasteiger partial charge in [-0.05, 0) is 43.6 Å². The van der Waals surface area contributed by atoms with Gasteiger partial charge in [-0.1, -0.05) is 32.6 Å². The summed E-state index contributed by atoms with van der Waals surface area (Å²) in [6.07, 6.45) is 11.2. The maximum Gasteiger partial charge on any atom is 0.222 e. The summed E-state index contributed by atoms with van der Waals surface area (Å²) in [5.74, 6) is 0.709. The Bertz CT molecular complexity index is 283. The summed E-state index contributed by atoms with van der Waals surface area (Å²) in [7, 11) is 0. The molecule has 1 aliphatic heterocycles. The Kier molecular flexibility index (Phi) is 5.26. The molecular formula is C16H30N2O. The van der Waals surface area contributed by atoms with Crippen LogP contribution in [0.4, 0.5) is 0 Å². The maximum atomic E-state index is 12.3. The molecule has 3 heteroatoms. The Morgan fingerprint density at radius 1 is 1.16 bits per heavy atom. The summed E-state index contributed by atoms with van der Waals surface area (Å²) in [6.45, 7) is 4.73. The zero-order valence-electron chi connectivity index (χ0n) is 12.5. The zero-order chi connectivity index (χ0) is 13.7. The minimum atomic E-state index is 0.336. The van der Waals surface area contributed by atoms with Crippen molar-refractivity contribution < 1.29 is 4.79 Å². The lowest BCUT2D eigenvalue weighted by molar-refractivity contribution is -0.134. The molecule has 19 heavy (non-hydrogen) atoms. The molecule has 0 aromatic carbocycles. The molecule has 2 aliphatic rings. The van der Waals surface area contributed by atoms with Gasteiger partial charge in [-0.2, -0.15) is 0 Å². The molecule has 110 valence electrons. The Hall–Kier alpha value is -0.570. The second-order valence-corrected chi connectivity index (χ2v) is 6.66. The normalized spacial score (nSPS) is 24.4. The Morgan fingerprint density at radius 2 is 1.79 bits per heavy atom. The van der Waals surface area contributed by atoms with Gasteiger partial charge >= 0.3 is 0 Å². The highest BCUT2D eigenvalue weighted by molar-refractivity contribution is 5.76. The van der Waals surface area contributed by atoms with E-state index < -0.39 is 0 Å². The van der Waals surface area contributed by atoms with E-state index in [1.165, 1.54) is 44.9 Å². The smallest absolute Gasteiger partial charge is 0.222 e. The van der Waals surface area contributed by atoms with Crippen LogP contribution in [0.2, 0.25) is 0 Å². The standard InChI is InChI=1S/C16H30N2O/c1-2-14(13-17)12-15(19)18-10-8-16(9-11-18)6-4-3-5-7-16/h14H,2-13,17H2,1H3. The molecule has 1 saturated carbocycles. The molecule has 1 unspecified atom stereocenters. The number of carbonyl (C=O) groups excluding carboxylic acids is 1. The topological polar surface area (TPSA) is 46.3 Å².